The first-order chi connectivity index (χ1) is 16.1. The zero-order valence-electron chi connectivity index (χ0n) is 17.3. The van der Waals surface area contributed by atoms with E-state index in [1.165, 1.54) is 34.3 Å². The Morgan fingerprint density at radius 3 is 2.48 bits per heavy atom. The van der Waals surface area contributed by atoms with Gasteiger partial charge >= 0.3 is 5.56 Å². The van der Waals surface area contributed by atoms with E-state index in [0.29, 0.717) is 27.2 Å². The van der Waals surface area contributed by atoms with Crippen LogP contribution in [0.4, 0.5) is 10.8 Å². The van der Waals surface area contributed by atoms with Gasteiger partial charge in [0.05, 0.1) is 11.4 Å². The summed E-state index contributed by atoms with van der Waals surface area (Å²) >= 11 is 2.66. The molecule has 0 atom stereocenters. The van der Waals surface area contributed by atoms with Crippen LogP contribution in [0.2, 0.25) is 0 Å². The molecule has 3 aromatic heterocycles. The first kappa shape index (κ1) is 20.9. The number of hydrogen-bond acceptors (Lipinski definition) is 8. The number of ketones is 1. The minimum atomic E-state index is -0.359. The van der Waals surface area contributed by atoms with Gasteiger partial charge in [-0.3, -0.25) is 14.7 Å². The van der Waals surface area contributed by atoms with Gasteiger partial charge in [-0.1, -0.05) is 54.6 Å². The number of nitrogens with one attached hydrogen (secondary N) is 1. The Morgan fingerprint density at radius 1 is 1.00 bits per heavy atom. The SMILES string of the molecule is CC(=O)c1ccc(-c2csc(-n3[nH]c(-c4ccccc4)c(N=Nc4nccs4)c3=O)n2)cc1. The van der Waals surface area contributed by atoms with Crippen molar-refractivity contribution in [3.63, 3.8) is 0 Å². The highest BCUT2D eigenvalue weighted by molar-refractivity contribution is 7.13. The van der Waals surface area contributed by atoms with Crippen LogP contribution in [0.3, 0.4) is 0 Å². The van der Waals surface area contributed by atoms with Crippen LogP contribution in [0.1, 0.15) is 17.3 Å². The third kappa shape index (κ3) is 4.21. The Balaban J connectivity index is 1.56. The molecule has 0 amide bonds. The van der Waals surface area contributed by atoms with Crippen LogP contribution in [0, 0.1) is 0 Å². The fourth-order valence-corrected chi connectivity index (χ4v) is 4.44. The van der Waals surface area contributed by atoms with Crippen LogP contribution in [-0.2, 0) is 0 Å². The number of azo groups is 1. The second-order valence-electron chi connectivity index (χ2n) is 7.01. The van der Waals surface area contributed by atoms with E-state index in [-0.39, 0.29) is 17.0 Å². The maximum absolute atomic E-state index is 13.3. The number of hydrogen-bond donors (Lipinski definition) is 1. The summed E-state index contributed by atoms with van der Waals surface area (Å²) in [4.78, 5) is 33.5. The molecule has 5 aromatic rings. The predicted molar refractivity (Wildman–Crippen MR) is 129 cm³/mol. The topological polar surface area (TPSA) is 105 Å². The molecule has 10 heteroatoms. The number of carbonyl (C=O) groups excluding carboxylic acids is 1. The highest BCUT2D eigenvalue weighted by Crippen LogP contribution is 2.30. The van der Waals surface area contributed by atoms with E-state index in [1.54, 1.807) is 23.7 Å². The molecule has 0 bridgehead atoms. The molecule has 0 aliphatic carbocycles. The van der Waals surface area contributed by atoms with Gasteiger partial charge in [-0.2, -0.15) is 4.68 Å². The largest absolute Gasteiger partial charge is 0.301 e. The van der Waals surface area contributed by atoms with Gasteiger partial charge in [-0.15, -0.1) is 32.9 Å². The van der Waals surface area contributed by atoms with Crippen molar-refractivity contribution in [3.8, 4) is 27.6 Å². The van der Waals surface area contributed by atoms with Gasteiger partial charge in [0.25, 0.3) is 0 Å². The Kier molecular flexibility index (Phi) is 5.59. The van der Waals surface area contributed by atoms with E-state index >= 15 is 0 Å². The van der Waals surface area contributed by atoms with Gasteiger partial charge in [0.15, 0.2) is 11.5 Å². The fraction of sp³-hybridized carbons (Fsp3) is 0.0435. The monoisotopic (exact) mass is 472 g/mol. The number of thiazole rings is 2. The summed E-state index contributed by atoms with van der Waals surface area (Å²) in [6.07, 6.45) is 1.63. The maximum Gasteiger partial charge on any atom is 0.301 e. The number of rotatable bonds is 6. The highest BCUT2D eigenvalue weighted by atomic mass is 32.1. The summed E-state index contributed by atoms with van der Waals surface area (Å²) in [7, 11) is 0. The third-order valence-corrected chi connectivity index (χ3v) is 6.34. The molecule has 8 nitrogen and oxygen atoms in total. The first-order valence-electron chi connectivity index (χ1n) is 9.89. The van der Waals surface area contributed by atoms with Crippen molar-refractivity contribution in [2.45, 2.75) is 6.92 Å². The number of Topliss-reactive ketones (excluding diaryl/α,β-unsaturated/α-hetero) is 1. The number of benzene rings is 2. The van der Waals surface area contributed by atoms with Gasteiger partial charge in [0, 0.05) is 33.6 Å². The highest BCUT2D eigenvalue weighted by Gasteiger charge is 2.19. The van der Waals surface area contributed by atoms with Crippen molar-refractivity contribution in [3.05, 3.63) is 87.5 Å². The molecule has 1 N–H and O–H groups in total. The summed E-state index contributed by atoms with van der Waals surface area (Å²) in [6.45, 7) is 1.53. The second-order valence-corrected chi connectivity index (χ2v) is 8.72. The molecule has 0 saturated carbocycles. The maximum atomic E-state index is 13.3. The van der Waals surface area contributed by atoms with Crippen LogP contribution in [0.5, 0.6) is 0 Å². The normalized spacial score (nSPS) is 11.3. The number of aromatic amines is 1. The lowest BCUT2D eigenvalue weighted by atomic mass is 10.1. The molecule has 33 heavy (non-hydrogen) atoms. The molecule has 5 rings (SSSR count). The summed E-state index contributed by atoms with van der Waals surface area (Å²) in [6, 6.07) is 16.7. The standard InChI is InChI=1S/C23H16N6O2S2/c1-14(30)15-7-9-16(10-8-15)18-13-33-23(25-18)29-21(31)20(26-27-22-24-11-12-32-22)19(28-29)17-5-3-2-4-6-17/h2-13,28H,1H3. The Hall–Kier alpha value is -4.02. The van der Waals surface area contributed by atoms with E-state index in [4.69, 9.17) is 0 Å². The van der Waals surface area contributed by atoms with Gasteiger partial charge < -0.3 is 0 Å². The summed E-state index contributed by atoms with van der Waals surface area (Å²) < 4.78 is 1.37. The second kappa shape index (κ2) is 8.85. The number of nitrogens with zero attached hydrogens (tertiary/aromatic N) is 5. The third-order valence-electron chi connectivity index (χ3n) is 4.85. The average Bonchev–Trinajstić information content (AvgIpc) is 3.59. The van der Waals surface area contributed by atoms with Crippen molar-refractivity contribution in [1.29, 1.82) is 0 Å². The molecule has 2 aromatic carbocycles. The summed E-state index contributed by atoms with van der Waals surface area (Å²) in [5, 5.41) is 16.1. The molecule has 0 radical (unpaired) electrons. The van der Waals surface area contributed by atoms with Crippen molar-refractivity contribution < 1.29 is 4.79 Å². The quantitative estimate of drug-likeness (QED) is 0.240. The molecular weight excluding hydrogens is 456 g/mol. The van der Waals surface area contributed by atoms with Crippen LogP contribution in [0.25, 0.3) is 27.6 Å². The molecule has 0 fully saturated rings. The number of carbonyl (C=O) groups is 1. The number of aromatic nitrogens is 4. The van der Waals surface area contributed by atoms with E-state index in [0.717, 1.165) is 11.1 Å². The van der Waals surface area contributed by atoms with Gasteiger partial charge in [0.1, 0.15) is 0 Å². The van der Waals surface area contributed by atoms with Gasteiger partial charge in [-0.25, -0.2) is 9.97 Å². The molecule has 162 valence electrons. The van der Waals surface area contributed by atoms with E-state index in [9.17, 15) is 9.59 Å². The lowest BCUT2D eigenvalue weighted by Crippen LogP contribution is -2.13. The Bertz CT molecular complexity index is 1500. The van der Waals surface area contributed by atoms with Crippen LogP contribution in [-0.4, -0.2) is 25.5 Å². The van der Waals surface area contributed by atoms with Crippen molar-refractivity contribution in [1.82, 2.24) is 19.7 Å². The zero-order chi connectivity index (χ0) is 22.8. The Morgan fingerprint density at radius 2 is 1.79 bits per heavy atom. The van der Waals surface area contributed by atoms with E-state index in [1.807, 2.05) is 47.8 Å². The molecule has 0 aliphatic heterocycles. The van der Waals surface area contributed by atoms with E-state index in [2.05, 4.69) is 25.3 Å². The minimum Gasteiger partial charge on any atom is -0.295 e. The van der Waals surface area contributed by atoms with Crippen LogP contribution >= 0.6 is 22.7 Å². The van der Waals surface area contributed by atoms with Gasteiger partial charge in [0.2, 0.25) is 10.3 Å². The van der Waals surface area contributed by atoms with Crippen molar-refractivity contribution >= 4 is 39.3 Å². The lowest BCUT2D eigenvalue weighted by molar-refractivity contribution is 0.101. The molecule has 0 saturated heterocycles. The average molecular weight is 473 g/mol. The molecule has 0 unspecified atom stereocenters. The zero-order valence-corrected chi connectivity index (χ0v) is 18.9. The predicted octanol–water partition coefficient (Wildman–Crippen LogP) is 6.03. The fourth-order valence-electron chi connectivity index (χ4n) is 3.20. The Labute approximate surface area is 195 Å². The molecule has 0 aliphatic rings. The van der Waals surface area contributed by atoms with Crippen molar-refractivity contribution in [2.24, 2.45) is 10.2 Å². The van der Waals surface area contributed by atoms with E-state index < -0.39 is 0 Å². The molecular formula is C23H16N6O2S2. The van der Waals surface area contributed by atoms with Gasteiger partial charge in [-0.05, 0) is 6.92 Å². The van der Waals surface area contributed by atoms with Crippen molar-refractivity contribution in [2.75, 3.05) is 0 Å². The van der Waals surface area contributed by atoms with Crippen LogP contribution < -0.4 is 5.56 Å². The summed E-state index contributed by atoms with van der Waals surface area (Å²) in [5.74, 6) is 0.00587. The lowest BCUT2D eigenvalue weighted by Gasteiger charge is -1.99. The molecule has 3 heterocycles. The minimum absolute atomic E-state index is 0.00587. The molecule has 0 spiro atoms. The number of H-pyrrole nitrogens is 1. The first-order valence-corrected chi connectivity index (χ1v) is 11.6. The van der Waals surface area contributed by atoms with Crippen LogP contribution in [0.15, 0.2) is 86.6 Å². The smallest absolute Gasteiger partial charge is 0.295 e. The summed E-state index contributed by atoms with van der Waals surface area (Å²) in [5.41, 5.74) is 3.37.